The number of hydrogen-bond acceptors (Lipinski definition) is 7. The van der Waals surface area contributed by atoms with Gasteiger partial charge >= 0.3 is 0 Å². The van der Waals surface area contributed by atoms with Crippen molar-refractivity contribution in [2.24, 2.45) is 5.41 Å². The summed E-state index contributed by atoms with van der Waals surface area (Å²) in [6, 6.07) is 2.59. The molecule has 9 nitrogen and oxygen atoms in total. The van der Waals surface area contributed by atoms with E-state index in [0.29, 0.717) is 18.1 Å². The number of nitrogens with one attached hydrogen (secondary N) is 2. The number of carbonyl (C=O) groups is 2. The van der Waals surface area contributed by atoms with Crippen molar-refractivity contribution in [3.8, 4) is 0 Å². The smallest absolute Gasteiger partial charge is 0.254 e. The number of benzene rings is 1. The number of carbonyl (C=O) groups excluding carboxylic acids is 2. The fourth-order valence-electron chi connectivity index (χ4n) is 5.03. The second kappa shape index (κ2) is 11.0. The zero-order valence-electron chi connectivity index (χ0n) is 22.9. The molecule has 0 spiro atoms. The number of amides is 2. The molecule has 38 heavy (non-hydrogen) atoms. The normalized spacial score (nSPS) is 18.4. The van der Waals surface area contributed by atoms with Gasteiger partial charge in [0.2, 0.25) is 11.9 Å². The predicted molar refractivity (Wildman–Crippen MR) is 149 cm³/mol. The van der Waals surface area contributed by atoms with E-state index in [9.17, 15) is 9.59 Å². The number of halogens is 2. The highest BCUT2D eigenvalue weighted by molar-refractivity contribution is 6.33. The second-order valence-electron chi connectivity index (χ2n) is 11.0. The first-order chi connectivity index (χ1) is 17.9. The van der Waals surface area contributed by atoms with Gasteiger partial charge in [-0.15, -0.1) is 0 Å². The molecule has 2 amide bonds. The molecule has 11 heteroatoms. The maximum atomic E-state index is 15.1. The van der Waals surface area contributed by atoms with Crippen molar-refractivity contribution < 1.29 is 14.0 Å². The second-order valence-corrected chi connectivity index (χ2v) is 11.4. The first-order valence-corrected chi connectivity index (χ1v) is 13.5. The molecule has 0 bridgehead atoms. The Labute approximate surface area is 228 Å². The summed E-state index contributed by atoms with van der Waals surface area (Å²) < 4.78 is 15.1. The third-order valence-electron chi connectivity index (χ3n) is 7.37. The minimum atomic E-state index is -0.689. The van der Waals surface area contributed by atoms with E-state index in [4.69, 9.17) is 11.6 Å². The van der Waals surface area contributed by atoms with Gasteiger partial charge in [-0.1, -0.05) is 18.5 Å². The van der Waals surface area contributed by atoms with E-state index in [2.05, 4.69) is 37.3 Å². The third kappa shape index (κ3) is 5.71. The monoisotopic (exact) mass is 545 g/mol. The maximum Gasteiger partial charge on any atom is 0.254 e. The molecule has 0 radical (unpaired) electrons. The standard InChI is InChI=1S/C27H37ClFN7O2/c1-7-35-10-8-17(9-11-35)31-24(37)18-12-19(28)21(13-20(18)29)32-26-30-14-22-23(33-26)36(16(2)3)15-27(4,5)25(38)34(22)6/h12-14,16-17H,7-11,15H2,1-6H3,(H,31,37)(H,30,32,33). The number of fused-ring (bicyclic) bond motifs is 1. The Morgan fingerprint density at radius 1 is 1.26 bits per heavy atom. The zero-order chi connectivity index (χ0) is 27.8. The number of likely N-dealkylation sites (tertiary alicyclic amines) is 1. The number of aromatic nitrogens is 2. The molecule has 1 saturated heterocycles. The van der Waals surface area contributed by atoms with E-state index in [-0.39, 0.29) is 40.2 Å². The van der Waals surface area contributed by atoms with E-state index in [1.54, 1.807) is 18.1 Å². The van der Waals surface area contributed by atoms with Crippen LogP contribution in [0.15, 0.2) is 18.3 Å². The molecule has 0 unspecified atom stereocenters. The van der Waals surface area contributed by atoms with Gasteiger partial charge in [0, 0.05) is 38.8 Å². The first-order valence-electron chi connectivity index (χ1n) is 13.1. The summed E-state index contributed by atoms with van der Waals surface area (Å²) in [4.78, 5) is 40.8. The van der Waals surface area contributed by atoms with Crippen molar-refractivity contribution in [1.29, 1.82) is 0 Å². The SMILES string of the molecule is CCN1CCC(NC(=O)c2cc(Cl)c(Nc3ncc4c(n3)N(C(C)C)CC(C)(C)C(=O)N4C)cc2F)CC1. The number of rotatable bonds is 6. The first kappa shape index (κ1) is 28.0. The number of nitrogens with zero attached hydrogens (tertiary/aromatic N) is 5. The van der Waals surface area contributed by atoms with E-state index < -0.39 is 17.1 Å². The minimum absolute atomic E-state index is 0.00754. The van der Waals surface area contributed by atoms with Gasteiger partial charge in [-0.2, -0.15) is 4.98 Å². The molecular formula is C27H37ClFN7O2. The van der Waals surface area contributed by atoms with Gasteiger partial charge in [-0.05, 0) is 59.2 Å². The number of anilines is 4. The maximum absolute atomic E-state index is 15.1. The van der Waals surface area contributed by atoms with E-state index >= 15 is 4.39 Å². The van der Waals surface area contributed by atoms with E-state index in [1.165, 1.54) is 12.1 Å². The number of hydrogen-bond donors (Lipinski definition) is 2. The Balaban J connectivity index is 1.55. The van der Waals surface area contributed by atoms with Crippen molar-refractivity contribution >= 4 is 46.6 Å². The molecule has 1 aromatic carbocycles. The zero-order valence-corrected chi connectivity index (χ0v) is 23.7. The third-order valence-corrected chi connectivity index (χ3v) is 7.69. The van der Waals surface area contributed by atoms with Gasteiger partial charge in [0.15, 0.2) is 5.82 Å². The topological polar surface area (TPSA) is 93.7 Å². The lowest BCUT2D eigenvalue weighted by Crippen LogP contribution is -2.44. The van der Waals surface area contributed by atoms with Crippen molar-refractivity contribution in [3.05, 3.63) is 34.7 Å². The molecule has 2 aliphatic rings. The van der Waals surface area contributed by atoms with Crippen LogP contribution in [0.1, 0.15) is 57.8 Å². The van der Waals surface area contributed by atoms with Crippen LogP contribution in [0.3, 0.4) is 0 Å². The van der Waals surface area contributed by atoms with Crippen LogP contribution in [0, 0.1) is 11.2 Å². The Morgan fingerprint density at radius 3 is 2.58 bits per heavy atom. The van der Waals surface area contributed by atoms with E-state index in [1.807, 2.05) is 27.7 Å². The Bertz CT molecular complexity index is 1210. The lowest BCUT2D eigenvalue weighted by molar-refractivity contribution is -0.125. The van der Waals surface area contributed by atoms with Gasteiger partial charge in [-0.3, -0.25) is 9.59 Å². The van der Waals surface area contributed by atoms with Crippen molar-refractivity contribution in [2.45, 2.75) is 59.5 Å². The average Bonchev–Trinajstić information content (AvgIpc) is 2.95. The Morgan fingerprint density at radius 2 is 1.95 bits per heavy atom. The average molecular weight is 546 g/mol. The van der Waals surface area contributed by atoms with Gasteiger partial charge in [0.25, 0.3) is 5.91 Å². The van der Waals surface area contributed by atoms with Gasteiger partial charge in [-0.25, -0.2) is 9.37 Å². The van der Waals surface area contributed by atoms with Crippen LogP contribution < -0.4 is 20.4 Å². The fourth-order valence-corrected chi connectivity index (χ4v) is 5.24. The summed E-state index contributed by atoms with van der Waals surface area (Å²) in [5.74, 6) is -0.390. The molecule has 0 aliphatic carbocycles. The molecule has 0 saturated carbocycles. The van der Waals surface area contributed by atoms with Crippen LogP contribution >= 0.6 is 11.6 Å². The molecule has 4 rings (SSSR count). The summed E-state index contributed by atoms with van der Waals surface area (Å²) in [5, 5.41) is 6.10. The molecule has 0 atom stereocenters. The van der Waals surface area contributed by atoms with Gasteiger partial charge in [0.05, 0.1) is 27.9 Å². The summed E-state index contributed by atoms with van der Waals surface area (Å²) in [5.41, 5.74) is 0.110. The fraction of sp³-hybridized carbons (Fsp3) is 0.556. The van der Waals surface area contributed by atoms with E-state index in [0.717, 1.165) is 32.5 Å². The van der Waals surface area contributed by atoms with Crippen LogP contribution in [0.5, 0.6) is 0 Å². The lowest BCUT2D eigenvalue weighted by atomic mass is 9.91. The van der Waals surface area contributed by atoms with Gasteiger partial charge < -0.3 is 25.3 Å². The largest absolute Gasteiger partial charge is 0.351 e. The summed E-state index contributed by atoms with van der Waals surface area (Å²) >= 11 is 6.47. The highest BCUT2D eigenvalue weighted by Crippen LogP contribution is 2.38. The lowest BCUT2D eigenvalue weighted by Gasteiger charge is -2.32. The molecule has 2 aliphatic heterocycles. The van der Waals surface area contributed by atoms with Crippen molar-refractivity contribution in [2.75, 3.05) is 48.3 Å². The minimum Gasteiger partial charge on any atom is -0.351 e. The highest BCUT2D eigenvalue weighted by Gasteiger charge is 2.39. The molecular weight excluding hydrogens is 509 g/mol. The molecule has 1 aromatic heterocycles. The van der Waals surface area contributed by atoms with Crippen molar-refractivity contribution in [3.63, 3.8) is 0 Å². The predicted octanol–water partition coefficient (Wildman–Crippen LogP) is 4.44. The molecule has 3 heterocycles. The number of piperidine rings is 1. The van der Waals surface area contributed by atoms with Crippen LogP contribution in [0.25, 0.3) is 0 Å². The summed E-state index contributed by atoms with van der Waals surface area (Å²) in [7, 11) is 1.71. The summed E-state index contributed by atoms with van der Waals surface area (Å²) in [6.07, 6.45) is 3.24. The summed E-state index contributed by atoms with van der Waals surface area (Å²) in [6.45, 7) is 13.3. The van der Waals surface area contributed by atoms with Crippen LogP contribution in [0.4, 0.5) is 27.5 Å². The molecule has 2 aromatic rings. The van der Waals surface area contributed by atoms with Crippen LogP contribution in [-0.4, -0.2) is 72.0 Å². The van der Waals surface area contributed by atoms with Crippen LogP contribution in [-0.2, 0) is 4.79 Å². The molecule has 206 valence electrons. The quantitative estimate of drug-likeness (QED) is 0.554. The van der Waals surface area contributed by atoms with Crippen molar-refractivity contribution in [1.82, 2.24) is 20.2 Å². The Hall–Kier alpha value is -2.98. The molecule has 1 fully saturated rings. The highest BCUT2D eigenvalue weighted by atomic mass is 35.5. The van der Waals surface area contributed by atoms with Crippen LogP contribution in [0.2, 0.25) is 5.02 Å². The molecule has 2 N–H and O–H groups in total. The van der Waals surface area contributed by atoms with Gasteiger partial charge in [0.1, 0.15) is 11.5 Å². The Kier molecular flexibility index (Phi) is 8.13.